The summed E-state index contributed by atoms with van der Waals surface area (Å²) in [6, 6.07) is 4.30. The zero-order valence-corrected chi connectivity index (χ0v) is 12.2. The summed E-state index contributed by atoms with van der Waals surface area (Å²) >= 11 is 0. The quantitative estimate of drug-likeness (QED) is 0.356. The highest BCUT2D eigenvalue weighted by Crippen LogP contribution is 2.32. The van der Waals surface area contributed by atoms with Gasteiger partial charge in [-0.2, -0.15) is 0 Å². The van der Waals surface area contributed by atoms with Gasteiger partial charge >= 0.3 is 0 Å². The van der Waals surface area contributed by atoms with Gasteiger partial charge in [0.2, 0.25) is 11.8 Å². The van der Waals surface area contributed by atoms with Crippen LogP contribution in [0.3, 0.4) is 0 Å². The second-order valence-electron chi connectivity index (χ2n) is 4.85. The second kappa shape index (κ2) is 6.99. The molecule has 1 aromatic rings. The van der Waals surface area contributed by atoms with Crippen LogP contribution in [0.25, 0.3) is 0 Å². The number of carbonyl (C=O) groups is 2. The molecule has 8 nitrogen and oxygen atoms in total. The fourth-order valence-electron chi connectivity index (χ4n) is 2.26. The number of hydrogen-bond donors (Lipinski definition) is 1. The molecule has 1 saturated heterocycles. The van der Waals surface area contributed by atoms with Crippen molar-refractivity contribution >= 4 is 28.9 Å². The third-order valence-electron chi connectivity index (χ3n) is 3.33. The number of ether oxygens (including phenoxy) is 1. The van der Waals surface area contributed by atoms with E-state index in [9.17, 15) is 19.7 Å². The largest absolute Gasteiger partial charge is 0.385 e. The van der Waals surface area contributed by atoms with Crippen LogP contribution in [0.15, 0.2) is 18.2 Å². The molecule has 0 bridgehead atoms. The van der Waals surface area contributed by atoms with E-state index in [0.29, 0.717) is 25.3 Å². The van der Waals surface area contributed by atoms with Gasteiger partial charge < -0.3 is 10.1 Å². The molecule has 118 valence electrons. The molecule has 0 aliphatic carbocycles. The molecule has 2 amide bonds. The summed E-state index contributed by atoms with van der Waals surface area (Å²) < 4.78 is 4.91. The normalized spacial score (nSPS) is 14.5. The van der Waals surface area contributed by atoms with Crippen LogP contribution in [0.5, 0.6) is 0 Å². The standard InChI is InChI=1S/C14H17N3O5/c1-22-8-2-7-15-11-4-3-10(9-12(11)17(20)21)16-13(18)5-6-14(16)19/h3-4,9,15H,2,5-8H2,1H3. The lowest BCUT2D eigenvalue weighted by atomic mass is 10.2. The van der Waals surface area contributed by atoms with Crippen LogP contribution in [0.2, 0.25) is 0 Å². The van der Waals surface area contributed by atoms with E-state index in [1.54, 1.807) is 7.11 Å². The lowest BCUT2D eigenvalue weighted by Crippen LogP contribution is -2.28. The van der Waals surface area contributed by atoms with E-state index < -0.39 is 4.92 Å². The molecule has 0 spiro atoms. The van der Waals surface area contributed by atoms with Crippen molar-refractivity contribution in [3.63, 3.8) is 0 Å². The molecule has 0 unspecified atom stereocenters. The van der Waals surface area contributed by atoms with Gasteiger partial charge in [-0.15, -0.1) is 0 Å². The van der Waals surface area contributed by atoms with Crippen LogP contribution in [0.1, 0.15) is 19.3 Å². The summed E-state index contributed by atoms with van der Waals surface area (Å²) in [6.07, 6.45) is 0.992. The molecule has 1 aliphatic heterocycles. The number of nitrogens with one attached hydrogen (secondary N) is 1. The fourth-order valence-corrected chi connectivity index (χ4v) is 2.26. The average molecular weight is 307 g/mol. The third kappa shape index (κ3) is 3.40. The van der Waals surface area contributed by atoms with Gasteiger partial charge in [0.15, 0.2) is 0 Å². The van der Waals surface area contributed by atoms with E-state index in [2.05, 4.69) is 5.32 Å². The van der Waals surface area contributed by atoms with Gasteiger partial charge in [-0.05, 0) is 18.6 Å². The van der Waals surface area contributed by atoms with Crippen LogP contribution in [-0.4, -0.2) is 37.0 Å². The summed E-state index contributed by atoms with van der Waals surface area (Å²) in [4.78, 5) is 35.1. The molecule has 0 saturated carbocycles. The first kappa shape index (κ1) is 15.9. The minimum Gasteiger partial charge on any atom is -0.385 e. The monoisotopic (exact) mass is 307 g/mol. The van der Waals surface area contributed by atoms with E-state index in [-0.39, 0.29) is 36.0 Å². The molecule has 1 fully saturated rings. The SMILES string of the molecule is COCCCNc1ccc(N2C(=O)CCC2=O)cc1[N+](=O)[O-]. The van der Waals surface area contributed by atoms with Crippen molar-refractivity contribution in [2.45, 2.75) is 19.3 Å². The number of imide groups is 1. The Hall–Kier alpha value is -2.48. The summed E-state index contributed by atoms with van der Waals surface area (Å²) in [7, 11) is 1.58. The Morgan fingerprint density at radius 1 is 1.32 bits per heavy atom. The maximum Gasteiger partial charge on any atom is 0.294 e. The Morgan fingerprint density at radius 2 is 2.00 bits per heavy atom. The number of nitrogens with zero attached hydrogens (tertiary/aromatic N) is 2. The molecule has 0 atom stereocenters. The molecule has 2 rings (SSSR count). The van der Waals surface area contributed by atoms with E-state index in [4.69, 9.17) is 4.74 Å². The number of nitro benzene ring substituents is 1. The predicted molar refractivity (Wildman–Crippen MR) is 79.8 cm³/mol. The highest BCUT2D eigenvalue weighted by molar-refractivity contribution is 6.20. The minimum atomic E-state index is -0.535. The van der Waals surface area contributed by atoms with E-state index in [1.165, 1.54) is 18.2 Å². The molecular weight excluding hydrogens is 290 g/mol. The summed E-state index contributed by atoms with van der Waals surface area (Å²) in [5.41, 5.74) is 0.424. The number of benzene rings is 1. The van der Waals surface area contributed by atoms with Gasteiger partial charge in [0, 0.05) is 39.2 Å². The van der Waals surface area contributed by atoms with E-state index in [1.807, 2.05) is 0 Å². The molecule has 1 heterocycles. The van der Waals surface area contributed by atoms with Crippen molar-refractivity contribution in [1.82, 2.24) is 0 Å². The number of carbonyl (C=O) groups excluding carboxylic acids is 2. The topological polar surface area (TPSA) is 102 Å². The van der Waals surface area contributed by atoms with Crippen molar-refractivity contribution in [3.8, 4) is 0 Å². The lowest BCUT2D eigenvalue weighted by Gasteiger charge is -2.15. The van der Waals surface area contributed by atoms with E-state index >= 15 is 0 Å². The van der Waals surface area contributed by atoms with Crippen LogP contribution < -0.4 is 10.2 Å². The van der Waals surface area contributed by atoms with Gasteiger partial charge in [-0.3, -0.25) is 24.6 Å². The number of hydrogen-bond acceptors (Lipinski definition) is 6. The molecule has 22 heavy (non-hydrogen) atoms. The van der Waals surface area contributed by atoms with Crippen molar-refractivity contribution in [3.05, 3.63) is 28.3 Å². The smallest absolute Gasteiger partial charge is 0.294 e. The van der Waals surface area contributed by atoms with Gasteiger partial charge in [0.05, 0.1) is 10.6 Å². The minimum absolute atomic E-state index is 0.143. The van der Waals surface area contributed by atoms with Crippen LogP contribution in [0, 0.1) is 10.1 Å². The summed E-state index contributed by atoms with van der Waals surface area (Å²) in [5.74, 6) is -0.666. The lowest BCUT2D eigenvalue weighted by molar-refractivity contribution is -0.383. The number of amides is 2. The Kier molecular flexibility index (Phi) is 5.05. The Bertz CT molecular complexity index is 586. The Labute approximate surface area is 127 Å². The highest BCUT2D eigenvalue weighted by atomic mass is 16.6. The molecule has 1 aromatic carbocycles. The molecule has 0 radical (unpaired) electrons. The number of methoxy groups -OCH3 is 1. The van der Waals surface area contributed by atoms with Crippen LogP contribution in [-0.2, 0) is 14.3 Å². The Morgan fingerprint density at radius 3 is 2.59 bits per heavy atom. The molecular formula is C14H17N3O5. The summed E-state index contributed by atoms with van der Waals surface area (Å²) in [6.45, 7) is 1.07. The van der Waals surface area contributed by atoms with Crippen molar-refractivity contribution < 1.29 is 19.2 Å². The summed E-state index contributed by atoms with van der Waals surface area (Å²) in [5, 5.41) is 14.2. The molecule has 1 aliphatic rings. The first-order chi connectivity index (χ1) is 10.5. The van der Waals surface area contributed by atoms with Crippen molar-refractivity contribution in [2.75, 3.05) is 30.5 Å². The van der Waals surface area contributed by atoms with Gasteiger partial charge in [-0.25, -0.2) is 0 Å². The first-order valence-electron chi connectivity index (χ1n) is 6.91. The highest BCUT2D eigenvalue weighted by Gasteiger charge is 2.31. The molecule has 0 aromatic heterocycles. The van der Waals surface area contributed by atoms with Crippen LogP contribution >= 0.6 is 0 Å². The second-order valence-corrected chi connectivity index (χ2v) is 4.85. The average Bonchev–Trinajstić information content (AvgIpc) is 2.83. The zero-order valence-electron chi connectivity index (χ0n) is 12.2. The van der Waals surface area contributed by atoms with Gasteiger partial charge in [0.1, 0.15) is 5.69 Å². The maximum atomic E-state index is 11.7. The predicted octanol–water partition coefficient (Wildman–Crippen LogP) is 1.70. The number of nitro groups is 1. The molecule has 8 heteroatoms. The third-order valence-corrected chi connectivity index (χ3v) is 3.33. The number of anilines is 2. The van der Waals surface area contributed by atoms with Crippen molar-refractivity contribution in [2.24, 2.45) is 0 Å². The van der Waals surface area contributed by atoms with E-state index in [0.717, 1.165) is 4.90 Å². The number of rotatable bonds is 7. The Balaban J connectivity index is 2.21. The fraction of sp³-hybridized carbons (Fsp3) is 0.429. The van der Waals surface area contributed by atoms with Crippen molar-refractivity contribution in [1.29, 1.82) is 0 Å². The van der Waals surface area contributed by atoms with Gasteiger partial charge in [-0.1, -0.05) is 0 Å². The van der Waals surface area contributed by atoms with Gasteiger partial charge in [0.25, 0.3) is 5.69 Å². The molecule has 1 N–H and O–H groups in total. The van der Waals surface area contributed by atoms with Crippen LogP contribution in [0.4, 0.5) is 17.1 Å². The maximum absolute atomic E-state index is 11.7. The first-order valence-corrected chi connectivity index (χ1v) is 6.91. The zero-order chi connectivity index (χ0) is 16.1.